The molecule has 0 spiro atoms. The second kappa shape index (κ2) is 7.70. The highest BCUT2D eigenvalue weighted by atomic mass is 32.1. The van der Waals surface area contributed by atoms with Gasteiger partial charge in [-0.15, -0.1) is 11.3 Å². The summed E-state index contributed by atoms with van der Waals surface area (Å²) >= 11 is 1.55. The lowest BCUT2D eigenvalue weighted by molar-refractivity contribution is 0.0663. The van der Waals surface area contributed by atoms with Crippen LogP contribution in [0.15, 0.2) is 29.0 Å². The van der Waals surface area contributed by atoms with Crippen molar-refractivity contribution in [1.82, 2.24) is 14.8 Å². The fourth-order valence-electron chi connectivity index (χ4n) is 3.88. The Morgan fingerprint density at radius 2 is 2.04 bits per heavy atom. The normalized spacial score (nSPS) is 22.2. The topological polar surface area (TPSA) is 49.6 Å². The van der Waals surface area contributed by atoms with Gasteiger partial charge in [-0.25, -0.2) is 4.98 Å². The number of aromatic nitrogens is 1. The van der Waals surface area contributed by atoms with Crippen molar-refractivity contribution < 1.29 is 9.21 Å². The van der Waals surface area contributed by atoms with Crippen LogP contribution in [0.4, 0.5) is 0 Å². The van der Waals surface area contributed by atoms with Gasteiger partial charge in [-0.05, 0) is 50.9 Å². The van der Waals surface area contributed by atoms with E-state index in [-0.39, 0.29) is 11.9 Å². The summed E-state index contributed by atoms with van der Waals surface area (Å²) in [5.41, 5.74) is 0. The Hall–Kier alpha value is -1.66. The van der Waals surface area contributed by atoms with Gasteiger partial charge in [0.25, 0.3) is 5.91 Å². The number of hydrogen-bond donors (Lipinski definition) is 0. The van der Waals surface area contributed by atoms with Crippen LogP contribution >= 0.6 is 11.3 Å². The van der Waals surface area contributed by atoms with Crippen LogP contribution in [0.25, 0.3) is 0 Å². The van der Waals surface area contributed by atoms with Crippen LogP contribution in [0.1, 0.15) is 65.0 Å². The number of rotatable bonds is 4. The molecule has 4 heterocycles. The molecule has 25 heavy (non-hydrogen) atoms. The van der Waals surface area contributed by atoms with E-state index in [1.54, 1.807) is 23.8 Å². The minimum atomic E-state index is 0.0501. The summed E-state index contributed by atoms with van der Waals surface area (Å²) in [6.07, 6.45) is 10.3. The summed E-state index contributed by atoms with van der Waals surface area (Å²) in [5, 5.41) is 1.05. The fourth-order valence-corrected chi connectivity index (χ4v) is 4.80. The van der Waals surface area contributed by atoms with Crippen molar-refractivity contribution in [1.29, 1.82) is 0 Å². The number of hydrogen-bond acceptors (Lipinski definition) is 5. The van der Waals surface area contributed by atoms with Crippen LogP contribution in [-0.2, 0) is 6.54 Å². The van der Waals surface area contributed by atoms with E-state index in [0.29, 0.717) is 0 Å². The van der Waals surface area contributed by atoms with E-state index in [1.807, 2.05) is 17.0 Å². The van der Waals surface area contributed by atoms with Gasteiger partial charge in [-0.1, -0.05) is 12.8 Å². The third kappa shape index (κ3) is 3.80. The number of thiazole rings is 1. The van der Waals surface area contributed by atoms with Crippen LogP contribution in [0.5, 0.6) is 0 Å². The summed E-state index contributed by atoms with van der Waals surface area (Å²) < 4.78 is 5.63. The Balaban J connectivity index is 1.50. The molecule has 2 saturated heterocycles. The molecule has 0 saturated carbocycles. The largest absolute Gasteiger partial charge is 0.467 e. The molecule has 1 unspecified atom stereocenters. The third-order valence-electron chi connectivity index (χ3n) is 5.21. The van der Waals surface area contributed by atoms with Gasteiger partial charge in [0.05, 0.1) is 25.0 Å². The van der Waals surface area contributed by atoms with Crippen molar-refractivity contribution in [3.8, 4) is 0 Å². The highest BCUT2D eigenvalue weighted by molar-refractivity contribution is 7.13. The Morgan fingerprint density at radius 3 is 2.84 bits per heavy atom. The monoisotopic (exact) mass is 359 g/mol. The molecular weight excluding hydrogens is 334 g/mol. The maximum Gasteiger partial charge on any atom is 0.266 e. The van der Waals surface area contributed by atoms with Gasteiger partial charge in [-0.2, -0.15) is 0 Å². The Bertz CT molecular complexity index is 691. The highest BCUT2D eigenvalue weighted by Gasteiger charge is 2.30. The van der Waals surface area contributed by atoms with Gasteiger partial charge in [0.15, 0.2) is 0 Å². The molecule has 1 atom stereocenters. The maximum atomic E-state index is 13.1. The van der Waals surface area contributed by atoms with Crippen molar-refractivity contribution in [3.05, 3.63) is 40.2 Å². The van der Waals surface area contributed by atoms with Crippen molar-refractivity contribution in [3.63, 3.8) is 0 Å². The van der Waals surface area contributed by atoms with Gasteiger partial charge in [0.2, 0.25) is 0 Å². The zero-order chi connectivity index (χ0) is 17.1. The molecule has 4 rings (SSSR count). The standard InChI is InChI=1S/C19H25N3O2S/c23-19(17-13-20-18(25-17)14-21-9-4-5-10-21)22-11-3-1-2-7-15(22)16-8-6-12-24-16/h6,8,12-13,15H,1-5,7,9-11,14H2. The molecule has 0 radical (unpaired) electrons. The minimum Gasteiger partial charge on any atom is -0.467 e. The van der Waals surface area contributed by atoms with E-state index in [4.69, 9.17) is 4.42 Å². The van der Waals surface area contributed by atoms with E-state index in [9.17, 15) is 4.79 Å². The number of furan rings is 1. The molecule has 2 aliphatic heterocycles. The quantitative estimate of drug-likeness (QED) is 0.825. The van der Waals surface area contributed by atoms with Crippen LogP contribution in [0, 0.1) is 0 Å². The molecule has 0 bridgehead atoms. The summed E-state index contributed by atoms with van der Waals surface area (Å²) in [7, 11) is 0. The molecule has 1 amide bonds. The van der Waals surface area contributed by atoms with Crippen LogP contribution in [-0.4, -0.2) is 40.3 Å². The zero-order valence-electron chi connectivity index (χ0n) is 14.5. The molecule has 6 heteroatoms. The van der Waals surface area contributed by atoms with Gasteiger partial charge < -0.3 is 9.32 Å². The molecular formula is C19H25N3O2S. The first-order valence-corrected chi connectivity index (χ1v) is 10.1. The van der Waals surface area contributed by atoms with Crippen LogP contribution in [0.2, 0.25) is 0 Å². The summed E-state index contributed by atoms with van der Waals surface area (Å²) in [6, 6.07) is 3.94. The Labute approximate surface area is 152 Å². The molecule has 5 nitrogen and oxygen atoms in total. The molecule has 0 aliphatic carbocycles. The lowest BCUT2D eigenvalue weighted by atomic mass is 10.1. The predicted octanol–water partition coefficient (Wildman–Crippen LogP) is 4.09. The van der Waals surface area contributed by atoms with E-state index in [1.165, 1.54) is 19.3 Å². The van der Waals surface area contributed by atoms with E-state index in [0.717, 1.165) is 61.1 Å². The molecule has 2 aliphatic rings. The summed E-state index contributed by atoms with van der Waals surface area (Å²) in [4.78, 5) is 22.8. The third-order valence-corrected chi connectivity index (χ3v) is 6.18. The van der Waals surface area contributed by atoms with Crippen molar-refractivity contribution in [2.75, 3.05) is 19.6 Å². The molecule has 0 N–H and O–H groups in total. The van der Waals surface area contributed by atoms with E-state index >= 15 is 0 Å². The summed E-state index contributed by atoms with van der Waals surface area (Å²) in [5.74, 6) is 1.01. The van der Waals surface area contributed by atoms with E-state index in [2.05, 4.69) is 9.88 Å². The SMILES string of the molecule is O=C(c1cnc(CN2CCCC2)s1)N1CCCCCC1c1ccco1. The van der Waals surface area contributed by atoms with Gasteiger partial charge in [0.1, 0.15) is 15.6 Å². The smallest absolute Gasteiger partial charge is 0.266 e. The zero-order valence-corrected chi connectivity index (χ0v) is 15.3. The fraction of sp³-hybridized carbons (Fsp3) is 0.579. The second-order valence-electron chi connectivity index (χ2n) is 6.98. The van der Waals surface area contributed by atoms with Crippen LogP contribution in [0.3, 0.4) is 0 Å². The average Bonchev–Trinajstić information content (AvgIpc) is 3.36. The predicted molar refractivity (Wildman–Crippen MR) is 97.6 cm³/mol. The average molecular weight is 359 g/mol. The number of nitrogens with zero attached hydrogens (tertiary/aromatic N) is 3. The number of likely N-dealkylation sites (tertiary alicyclic amines) is 2. The Kier molecular flexibility index (Phi) is 5.17. The first-order valence-electron chi connectivity index (χ1n) is 9.33. The molecule has 0 aromatic carbocycles. The maximum absolute atomic E-state index is 13.1. The summed E-state index contributed by atoms with van der Waals surface area (Å²) in [6.45, 7) is 3.97. The van der Waals surface area contributed by atoms with Gasteiger partial charge in [-0.3, -0.25) is 9.69 Å². The van der Waals surface area contributed by atoms with E-state index < -0.39 is 0 Å². The minimum absolute atomic E-state index is 0.0501. The van der Waals surface area contributed by atoms with Gasteiger partial charge >= 0.3 is 0 Å². The first-order chi connectivity index (χ1) is 12.3. The van der Waals surface area contributed by atoms with Crippen molar-refractivity contribution >= 4 is 17.2 Å². The number of carbonyl (C=O) groups is 1. The first kappa shape index (κ1) is 16.8. The Morgan fingerprint density at radius 1 is 1.20 bits per heavy atom. The number of amides is 1. The molecule has 2 fully saturated rings. The lowest BCUT2D eigenvalue weighted by Gasteiger charge is -2.28. The molecule has 134 valence electrons. The highest BCUT2D eigenvalue weighted by Crippen LogP contribution is 2.32. The molecule has 2 aromatic heterocycles. The van der Waals surface area contributed by atoms with Gasteiger partial charge in [0, 0.05) is 6.54 Å². The lowest BCUT2D eigenvalue weighted by Crippen LogP contribution is -2.34. The molecule has 2 aromatic rings. The van der Waals surface area contributed by atoms with Crippen molar-refractivity contribution in [2.24, 2.45) is 0 Å². The van der Waals surface area contributed by atoms with Crippen LogP contribution < -0.4 is 0 Å². The second-order valence-corrected chi connectivity index (χ2v) is 8.10. The van der Waals surface area contributed by atoms with Crippen molar-refractivity contribution in [2.45, 2.75) is 51.1 Å². The number of carbonyl (C=O) groups excluding carboxylic acids is 1.